The van der Waals surface area contributed by atoms with Crippen LogP contribution in [0.3, 0.4) is 0 Å². The molecule has 2 rings (SSSR count). The molecule has 0 heterocycles. The Balaban J connectivity index is 1.75. The highest BCUT2D eigenvalue weighted by atomic mass is 16.5. The Labute approximate surface area is 113 Å². The molecule has 1 aromatic carbocycles. The smallest absolute Gasteiger partial charge is 0.277 e. The number of amides is 1. The molecule has 1 fully saturated rings. The van der Waals surface area contributed by atoms with Crippen LogP contribution in [-0.2, 0) is 4.79 Å². The first-order chi connectivity index (χ1) is 9.24. The van der Waals surface area contributed by atoms with Crippen LogP contribution in [0.1, 0.15) is 37.7 Å². The van der Waals surface area contributed by atoms with Crippen molar-refractivity contribution in [1.29, 1.82) is 0 Å². The van der Waals surface area contributed by atoms with Gasteiger partial charge in [-0.2, -0.15) is 5.10 Å². The number of nitrogens with zero attached hydrogens (tertiary/aromatic N) is 1. The summed E-state index contributed by atoms with van der Waals surface area (Å²) in [5.41, 5.74) is 4.77. The lowest BCUT2D eigenvalue weighted by molar-refractivity contribution is -0.123. The Morgan fingerprint density at radius 2 is 2.11 bits per heavy atom. The van der Waals surface area contributed by atoms with E-state index in [1.807, 2.05) is 31.2 Å². The number of benzene rings is 1. The van der Waals surface area contributed by atoms with E-state index in [0.29, 0.717) is 5.75 Å². The standard InChI is InChI=1S/C15H20N2O2/c1-12-6-5-9-14(10-12)19-11-15(18)17-16-13-7-3-2-4-8-13/h5-6,9-10H,2-4,7-8,11H2,1H3,(H,17,18). The van der Waals surface area contributed by atoms with Gasteiger partial charge in [-0.3, -0.25) is 4.79 Å². The molecule has 4 heteroatoms. The maximum Gasteiger partial charge on any atom is 0.277 e. The van der Waals surface area contributed by atoms with Crippen molar-refractivity contribution in [3.63, 3.8) is 0 Å². The molecule has 4 nitrogen and oxygen atoms in total. The summed E-state index contributed by atoms with van der Waals surface area (Å²) in [5.74, 6) is 0.500. The summed E-state index contributed by atoms with van der Waals surface area (Å²) >= 11 is 0. The van der Waals surface area contributed by atoms with Crippen molar-refractivity contribution in [1.82, 2.24) is 5.43 Å². The highest BCUT2D eigenvalue weighted by Gasteiger charge is 2.08. The van der Waals surface area contributed by atoms with Crippen molar-refractivity contribution >= 4 is 11.6 Å². The highest BCUT2D eigenvalue weighted by Crippen LogP contribution is 2.14. The number of carbonyl (C=O) groups excluding carboxylic acids is 1. The van der Waals surface area contributed by atoms with Crippen LogP contribution in [0, 0.1) is 6.92 Å². The number of nitrogens with one attached hydrogen (secondary N) is 1. The molecule has 1 aliphatic rings. The van der Waals surface area contributed by atoms with Gasteiger partial charge >= 0.3 is 0 Å². The predicted molar refractivity (Wildman–Crippen MR) is 75.3 cm³/mol. The van der Waals surface area contributed by atoms with Crippen LogP contribution in [0.15, 0.2) is 29.4 Å². The molecular weight excluding hydrogens is 240 g/mol. The van der Waals surface area contributed by atoms with E-state index >= 15 is 0 Å². The van der Waals surface area contributed by atoms with Crippen molar-refractivity contribution in [2.24, 2.45) is 5.10 Å². The first-order valence-corrected chi connectivity index (χ1v) is 6.78. The molecule has 1 aromatic rings. The second-order valence-corrected chi connectivity index (χ2v) is 4.88. The van der Waals surface area contributed by atoms with Crippen LogP contribution >= 0.6 is 0 Å². The van der Waals surface area contributed by atoms with E-state index in [2.05, 4.69) is 10.5 Å². The maximum atomic E-state index is 11.6. The summed E-state index contributed by atoms with van der Waals surface area (Å²) in [7, 11) is 0. The van der Waals surface area contributed by atoms with Crippen molar-refractivity contribution < 1.29 is 9.53 Å². The minimum Gasteiger partial charge on any atom is -0.484 e. The van der Waals surface area contributed by atoms with E-state index in [1.165, 1.54) is 19.3 Å². The predicted octanol–water partition coefficient (Wildman–Crippen LogP) is 2.81. The second kappa shape index (κ2) is 6.92. The number of ether oxygens (including phenoxy) is 1. The van der Waals surface area contributed by atoms with Gasteiger partial charge in [0, 0.05) is 5.71 Å². The molecule has 0 aromatic heterocycles. The Morgan fingerprint density at radius 1 is 1.32 bits per heavy atom. The molecular formula is C15H20N2O2. The third-order valence-electron chi connectivity index (χ3n) is 3.13. The Bertz CT molecular complexity index is 461. The molecule has 0 aliphatic heterocycles. The van der Waals surface area contributed by atoms with Gasteiger partial charge in [0.05, 0.1) is 0 Å². The van der Waals surface area contributed by atoms with Crippen LogP contribution in [-0.4, -0.2) is 18.2 Å². The zero-order valence-corrected chi connectivity index (χ0v) is 11.3. The molecule has 19 heavy (non-hydrogen) atoms. The van der Waals surface area contributed by atoms with Gasteiger partial charge in [0.2, 0.25) is 0 Å². The molecule has 0 bridgehead atoms. The van der Waals surface area contributed by atoms with Crippen molar-refractivity contribution in [3.8, 4) is 5.75 Å². The van der Waals surface area contributed by atoms with Gasteiger partial charge in [-0.25, -0.2) is 5.43 Å². The quantitative estimate of drug-likeness (QED) is 0.846. The topological polar surface area (TPSA) is 50.7 Å². The highest BCUT2D eigenvalue weighted by molar-refractivity contribution is 5.87. The number of hydrazone groups is 1. The normalized spacial score (nSPS) is 14.9. The zero-order valence-electron chi connectivity index (χ0n) is 11.3. The van der Waals surface area contributed by atoms with Crippen LogP contribution < -0.4 is 10.2 Å². The molecule has 0 unspecified atom stereocenters. The van der Waals surface area contributed by atoms with E-state index in [9.17, 15) is 4.79 Å². The van der Waals surface area contributed by atoms with E-state index in [4.69, 9.17) is 4.74 Å². The van der Waals surface area contributed by atoms with Gasteiger partial charge < -0.3 is 4.74 Å². The molecule has 0 radical (unpaired) electrons. The first kappa shape index (κ1) is 13.6. The lowest BCUT2D eigenvalue weighted by Crippen LogP contribution is -2.26. The Kier molecular flexibility index (Phi) is 4.95. The first-order valence-electron chi connectivity index (χ1n) is 6.78. The minimum absolute atomic E-state index is 0.000231. The molecule has 1 amide bonds. The van der Waals surface area contributed by atoms with E-state index < -0.39 is 0 Å². The number of aryl methyl sites for hydroxylation is 1. The number of hydrogen-bond donors (Lipinski definition) is 1. The van der Waals surface area contributed by atoms with Gasteiger partial charge in [-0.1, -0.05) is 18.6 Å². The van der Waals surface area contributed by atoms with E-state index in [0.717, 1.165) is 24.1 Å². The largest absolute Gasteiger partial charge is 0.484 e. The van der Waals surface area contributed by atoms with Gasteiger partial charge in [0.1, 0.15) is 5.75 Å². The monoisotopic (exact) mass is 260 g/mol. The molecule has 0 atom stereocenters. The minimum atomic E-state index is -0.209. The lowest BCUT2D eigenvalue weighted by Gasteiger charge is -2.12. The van der Waals surface area contributed by atoms with Crippen molar-refractivity contribution in [2.75, 3.05) is 6.61 Å². The van der Waals surface area contributed by atoms with E-state index in [-0.39, 0.29) is 12.5 Å². The summed E-state index contributed by atoms with van der Waals surface area (Å²) in [5, 5.41) is 4.15. The molecule has 0 saturated heterocycles. The Morgan fingerprint density at radius 3 is 2.84 bits per heavy atom. The third kappa shape index (κ3) is 4.73. The van der Waals surface area contributed by atoms with Gasteiger partial charge in [0.15, 0.2) is 6.61 Å². The molecule has 1 N–H and O–H groups in total. The average Bonchev–Trinajstić information content (AvgIpc) is 2.44. The van der Waals surface area contributed by atoms with Crippen molar-refractivity contribution in [3.05, 3.63) is 29.8 Å². The molecule has 102 valence electrons. The van der Waals surface area contributed by atoms with Crippen LogP contribution in [0.5, 0.6) is 5.75 Å². The fourth-order valence-corrected chi connectivity index (χ4v) is 2.10. The molecule has 0 spiro atoms. The van der Waals surface area contributed by atoms with Crippen LogP contribution in [0.25, 0.3) is 0 Å². The van der Waals surface area contributed by atoms with E-state index in [1.54, 1.807) is 0 Å². The summed E-state index contributed by atoms with van der Waals surface area (Å²) < 4.78 is 5.41. The fourth-order valence-electron chi connectivity index (χ4n) is 2.10. The third-order valence-corrected chi connectivity index (χ3v) is 3.13. The second-order valence-electron chi connectivity index (χ2n) is 4.88. The van der Waals surface area contributed by atoms with Crippen molar-refractivity contribution in [2.45, 2.75) is 39.0 Å². The van der Waals surface area contributed by atoms with Gasteiger partial charge in [0.25, 0.3) is 5.91 Å². The SMILES string of the molecule is Cc1cccc(OCC(=O)NN=C2CCCCC2)c1. The Hall–Kier alpha value is -1.84. The lowest BCUT2D eigenvalue weighted by atomic mass is 9.99. The maximum absolute atomic E-state index is 11.6. The summed E-state index contributed by atoms with van der Waals surface area (Å²) in [6.07, 6.45) is 5.62. The number of hydrogen-bond acceptors (Lipinski definition) is 3. The number of carbonyl (C=O) groups is 1. The molecule has 1 saturated carbocycles. The fraction of sp³-hybridized carbons (Fsp3) is 0.467. The average molecular weight is 260 g/mol. The van der Waals surface area contributed by atoms with Gasteiger partial charge in [-0.15, -0.1) is 0 Å². The zero-order chi connectivity index (χ0) is 13.5. The number of rotatable bonds is 4. The van der Waals surface area contributed by atoms with Gasteiger partial charge in [-0.05, 0) is 50.3 Å². The summed E-state index contributed by atoms with van der Waals surface area (Å²) in [6.45, 7) is 1.99. The van der Waals surface area contributed by atoms with Crippen LogP contribution in [0.2, 0.25) is 0 Å². The van der Waals surface area contributed by atoms with Crippen LogP contribution in [0.4, 0.5) is 0 Å². The summed E-state index contributed by atoms with van der Waals surface area (Å²) in [6, 6.07) is 7.64. The summed E-state index contributed by atoms with van der Waals surface area (Å²) in [4.78, 5) is 11.6. The molecule has 1 aliphatic carbocycles.